The van der Waals surface area contributed by atoms with Crippen LogP contribution in [0.5, 0.6) is 0 Å². The van der Waals surface area contributed by atoms with E-state index in [4.69, 9.17) is 0 Å². The van der Waals surface area contributed by atoms with Crippen molar-refractivity contribution in [3.63, 3.8) is 0 Å². The Balaban J connectivity index is 2.35. The molecule has 0 saturated carbocycles. The summed E-state index contributed by atoms with van der Waals surface area (Å²) in [5.41, 5.74) is 0. The molecule has 0 aromatic heterocycles. The van der Waals surface area contributed by atoms with Crippen LogP contribution in [0, 0.1) is 0 Å². The van der Waals surface area contributed by atoms with Crippen LogP contribution >= 0.6 is 39.5 Å². The van der Waals surface area contributed by atoms with Crippen molar-refractivity contribution in [3.8, 4) is 0 Å². The maximum absolute atomic E-state index is 11.2. The zero-order valence-corrected chi connectivity index (χ0v) is 9.97. The number of fused-ring (bicyclic) bond motifs is 1. The van der Waals surface area contributed by atoms with Gasteiger partial charge in [-0.3, -0.25) is 4.79 Å². The van der Waals surface area contributed by atoms with Crippen LogP contribution in [0.3, 0.4) is 0 Å². The van der Waals surface area contributed by atoms with Crippen LogP contribution in [-0.4, -0.2) is 17.3 Å². The average Bonchev–Trinajstić information content (AvgIpc) is 2.29. The van der Waals surface area contributed by atoms with E-state index >= 15 is 0 Å². The summed E-state index contributed by atoms with van der Waals surface area (Å²) in [6.45, 7) is 0. The monoisotopic (exact) mass is 274 g/mol. The molecular formula is C9H7BrOS2. The Labute approximate surface area is 93.8 Å². The molecule has 0 saturated heterocycles. The Kier molecular flexibility index (Phi) is 3.01. The van der Waals surface area contributed by atoms with E-state index in [1.54, 1.807) is 23.5 Å². The molecular weight excluding hydrogens is 268 g/mol. The summed E-state index contributed by atoms with van der Waals surface area (Å²) in [5, 5.41) is 0. The molecule has 0 amide bonds. The standard InChI is InChI=1S/C9H7BrOS2/c10-6-1-2-8-9(3-6)13-5-7(11)4-12-8/h1-3H,4-5H2. The summed E-state index contributed by atoms with van der Waals surface area (Å²) in [7, 11) is 0. The van der Waals surface area contributed by atoms with Crippen LogP contribution in [0.15, 0.2) is 32.5 Å². The highest BCUT2D eigenvalue weighted by Crippen LogP contribution is 2.35. The van der Waals surface area contributed by atoms with E-state index in [1.165, 1.54) is 9.79 Å². The number of halogens is 1. The second-order valence-electron chi connectivity index (χ2n) is 2.71. The number of carbonyl (C=O) groups excluding carboxylic acids is 1. The molecule has 0 radical (unpaired) electrons. The minimum atomic E-state index is 0.322. The summed E-state index contributed by atoms with van der Waals surface area (Å²) in [4.78, 5) is 13.6. The van der Waals surface area contributed by atoms with Gasteiger partial charge in [-0.1, -0.05) is 15.9 Å². The van der Waals surface area contributed by atoms with Crippen molar-refractivity contribution in [1.29, 1.82) is 0 Å². The molecule has 4 heteroatoms. The van der Waals surface area contributed by atoms with Crippen molar-refractivity contribution in [2.45, 2.75) is 9.79 Å². The first-order chi connectivity index (χ1) is 6.25. The van der Waals surface area contributed by atoms with Gasteiger partial charge in [-0.15, -0.1) is 23.5 Å². The first kappa shape index (κ1) is 9.62. The highest BCUT2D eigenvalue weighted by Gasteiger charge is 2.13. The van der Waals surface area contributed by atoms with Gasteiger partial charge >= 0.3 is 0 Å². The number of hydrogen-bond acceptors (Lipinski definition) is 3. The van der Waals surface area contributed by atoms with Crippen LogP contribution in [0.1, 0.15) is 0 Å². The molecule has 1 aliphatic heterocycles. The smallest absolute Gasteiger partial charge is 0.153 e. The minimum Gasteiger partial charge on any atom is -0.298 e. The van der Waals surface area contributed by atoms with Crippen molar-refractivity contribution in [2.24, 2.45) is 0 Å². The lowest BCUT2D eigenvalue weighted by Crippen LogP contribution is -2.01. The van der Waals surface area contributed by atoms with Gasteiger partial charge in [-0.2, -0.15) is 0 Å². The molecule has 0 unspecified atom stereocenters. The predicted octanol–water partition coefficient (Wildman–Crippen LogP) is 3.22. The van der Waals surface area contributed by atoms with Crippen LogP contribution in [0.25, 0.3) is 0 Å². The maximum atomic E-state index is 11.2. The Morgan fingerprint density at radius 3 is 2.62 bits per heavy atom. The number of carbonyl (C=O) groups is 1. The molecule has 1 heterocycles. The Morgan fingerprint density at radius 1 is 1.15 bits per heavy atom. The van der Waals surface area contributed by atoms with E-state index in [-0.39, 0.29) is 0 Å². The van der Waals surface area contributed by atoms with Gasteiger partial charge in [-0.25, -0.2) is 0 Å². The molecule has 0 spiro atoms. The van der Waals surface area contributed by atoms with Gasteiger partial charge in [0.1, 0.15) is 0 Å². The molecule has 13 heavy (non-hydrogen) atoms. The fourth-order valence-corrected chi connectivity index (χ4v) is 3.69. The predicted molar refractivity (Wildman–Crippen MR) is 60.6 cm³/mol. The fourth-order valence-electron chi connectivity index (χ4n) is 1.07. The molecule has 0 bridgehead atoms. The highest BCUT2D eigenvalue weighted by atomic mass is 79.9. The minimum absolute atomic E-state index is 0.322. The SMILES string of the molecule is O=C1CSc2ccc(Br)cc2SC1. The molecule has 0 aliphatic carbocycles. The van der Waals surface area contributed by atoms with Crippen LogP contribution < -0.4 is 0 Å². The lowest BCUT2D eigenvalue weighted by atomic mass is 10.4. The van der Waals surface area contributed by atoms with Gasteiger partial charge in [0, 0.05) is 14.3 Å². The topological polar surface area (TPSA) is 17.1 Å². The second kappa shape index (κ2) is 4.07. The maximum Gasteiger partial charge on any atom is 0.153 e. The van der Waals surface area contributed by atoms with Crippen molar-refractivity contribution in [1.82, 2.24) is 0 Å². The van der Waals surface area contributed by atoms with E-state index in [0.29, 0.717) is 17.3 Å². The number of thioether (sulfide) groups is 2. The lowest BCUT2D eigenvalue weighted by molar-refractivity contribution is -0.114. The number of benzene rings is 1. The molecule has 0 N–H and O–H groups in total. The van der Waals surface area contributed by atoms with Crippen LogP contribution in [0.2, 0.25) is 0 Å². The molecule has 68 valence electrons. The number of hydrogen-bond donors (Lipinski definition) is 0. The van der Waals surface area contributed by atoms with Gasteiger partial charge in [-0.05, 0) is 18.2 Å². The largest absolute Gasteiger partial charge is 0.298 e. The van der Waals surface area contributed by atoms with Crippen LogP contribution in [-0.2, 0) is 4.79 Å². The summed E-state index contributed by atoms with van der Waals surface area (Å²) in [6.07, 6.45) is 0. The Hall–Kier alpha value is 0.0700. The second-order valence-corrected chi connectivity index (χ2v) is 5.66. The van der Waals surface area contributed by atoms with Gasteiger partial charge in [0.15, 0.2) is 5.78 Å². The number of Topliss-reactive ketones (excluding diaryl/α,β-unsaturated/α-hetero) is 1. The van der Waals surface area contributed by atoms with E-state index in [0.717, 1.165) is 4.47 Å². The molecule has 1 nitrogen and oxygen atoms in total. The summed E-state index contributed by atoms with van der Waals surface area (Å²) >= 11 is 6.69. The normalized spacial score (nSPS) is 16.5. The average molecular weight is 275 g/mol. The molecule has 1 aromatic carbocycles. The Bertz CT molecular complexity index is 351. The third-order valence-electron chi connectivity index (χ3n) is 1.68. The first-order valence-corrected chi connectivity index (χ1v) is 6.59. The number of rotatable bonds is 0. The van der Waals surface area contributed by atoms with Crippen molar-refractivity contribution < 1.29 is 4.79 Å². The van der Waals surface area contributed by atoms with E-state index in [1.807, 2.05) is 6.07 Å². The third kappa shape index (κ3) is 2.30. The van der Waals surface area contributed by atoms with Crippen molar-refractivity contribution in [3.05, 3.63) is 22.7 Å². The first-order valence-electron chi connectivity index (χ1n) is 3.82. The van der Waals surface area contributed by atoms with Gasteiger partial charge < -0.3 is 0 Å². The molecule has 1 aliphatic rings. The zero-order valence-electron chi connectivity index (χ0n) is 6.75. The molecule has 0 atom stereocenters. The van der Waals surface area contributed by atoms with Gasteiger partial charge in [0.2, 0.25) is 0 Å². The van der Waals surface area contributed by atoms with Crippen molar-refractivity contribution in [2.75, 3.05) is 11.5 Å². The highest BCUT2D eigenvalue weighted by molar-refractivity contribution is 9.10. The van der Waals surface area contributed by atoms with E-state index < -0.39 is 0 Å². The zero-order chi connectivity index (χ0) is 9.26. The Morgan fingerprint density at radius 2 is 1.85 bits per heavy atom. The van der Waals surface area contributed by atoms with Gasteiger partial charge in [0.25, 0.3) is 0 Å². The lowest BCUT2D eigenvalue weighted by Gasteiger charge is -2.02. The van der Waals surface area contributed by atoms with Crippen LogP contribution in [0.4, 0.5) is 0 Å². The third-order valence-corrected chi connectivity index (χ3v) is 4.55. The summed E-state index contributed by atoms with van der Waals surface area (Å²) in [6, 6.07) is 6.16. The van der Waals surface area contributed by atoms with Crippen molar-refractivity contribution >= 4 is 45.2 Å². The quantitative estimate of drug-likeness (QED) is 0.723. The summed E-state index contributed by atoms with van der Waals surface area (Å²) < 4.78 is 1.08. The van der Waals surface area contributed by atoms with E-state index in [9.17, 15) is 4.79 Å². The molecule has 1 aromatic rings. The summed E-state index contributed by atoms with van der Waals surface area (Å²) in [5.74, 6) is 1.54. The fraction of sp³-hybridized carbons (Fsp3) is 0.222. The molecule has 0 fully saturated rings. The molecule has 2 rings (SSSR count). The van der Waals surface area contributed by atoms with Gasteiger partial charge in [0.05, 0.1) is 11.5 Å². The van der Waals surface area contributed by atoms with E-state index in [2.05, 4.69) is 28.1 Å². The number of ketones is 1.